The van der Waals surface area contributed by atoms with Crippen molar-refractivity contribution in [3.8, 4) is 5.75 Å². The number of phenolic OH excluding ortho intramolecular Hbond substituents is 1. The summed E-state index contributed by atoms with van der Waals surface area (Å²) in [4.78, 5) is 0. The molecule has 0 aliphatic heterocycles. The predicted molar refractivity (Wildman–Crippen MR) is 83.9 cm³/mol. The van der Waals surface area contributed by atoms with Crippen LogP contribution in [0, 0.1) is 13.8 Å². The zero-order valence-corrected chi connectivity index (χ0v) is 12.5. The average Bonchev–Trinajstić information content (AvgIpc) is 2.46. The van der Waals surface area contributed by atoms with E-state index in [9.17, 15) is 5.11 Å². The zero-order valence-electron chi connectivity index (χ0n) is 12.5. The molecular formula is C18H23NO. The van der Waals surface area contributed by atoms with E-state index in [1.54, 1.807) is 0 Å². The Morgan fingerprint density at radius 1 is 1.05 bits per heavy atom. The van der Waals surface area contributed by atoms with Gasteiger partial charge in [0.1, 0.15) is 5.75 Å². The van der Waals surface area contributed by atoms with Gasteiger partial charge in [0.05, 0.1) is 0 Å². The SMILES string of the molecule is CCC(NCc1cc(C)c(O)c(C)c1)c1ccccc1. The molecule has 2 N–H and O–H groups in total. The topological polar surface area (TPSA) is 32.3 Å². The minimum absolute atomic E-state index is 0.366. The van der Waals surface area contributed by atoms with Gasteiger partial charge in [-0.3, -0.25) is 0 Å². The van der Waals surface area contributed by atoms with Crippen LogP contribution >= 0.6 is 0 Å². The van der Waals surface area contributed by atoms with Gasteiger partial charge in [-0.05, 0) is 42.5 Å². The molecule has 2 nitrogen and oxygen atoms in total. The van der Waals surface area contributed by atoms with Crippen molar-refractivity contribution in [2.24, 2.45) is 0 Å². The number of nitrogens with one attached hydrogen (secondary N) is 1. The maximum absolute atomic E-state index is 9.81. The molecule has 2 aromatic rings. The highest BCUT2D eigenvalue weighted by atomic mass is 16.3. The fraction of sp³-hybridized carbons (Fsp3) is 0.333. The van der Waals surface area contributed by atoms with Crippen molar-refractivity contribution in [1.82, 2.24) is 5.32 Å². The summed E-state index contributed by atoms with van der Waals surface area (Å²) in [6, 6.07) is 15.0. The largest absolute Gasteiger partial charge is 0.507 e. The minimum Gasteiger partial charge on any atom is -0.507 e. The van der Waals surface area contributed by atoms with Crippen LogP contribution in [0.25, 0.3) is 0 Å². The minimum atomic E-state index is 0.366. The predicted octanol–water partition coefficient (Wildman–Crippen LogP) is 4.25. The molecule has 106 valence electrons. The smallest absolute Gasteiger partial charge is 0.121 e. The van der Waals surface area contributed by atoms with Crippen molar-refractivity contribution in [3.05, 3.63) is 64.7 Å². The monoisotopic (exact) mass is 269 g/mol. The quantitative estimate of drug-likeness (QED) is 0.850. The molecule has 0 spiro atoms. The molecule has 0 bridgehead atoms. The molecule has 0 aromatic heterocycles. The van der Waals surface area contributed by atoms with Crippen molar-refractivity contribution in [1.29, 1.82) is 0 Å². The van der Waals surface area contributed by atoms with Crippen LogP contribution in [-0.2, 0) is 6.54 Å². The lowest BCUT2D eigenvalue weighted by molar-refractivity contribution is 0.465. The molecule has 2 aromatic carbocycles. The molecular weight excluding hydrogens is 246 g/mol. The molecule has 2 rings (SSSR count). The van der Waals surface area contributed by atoms with E-state index in [4.69, 9.17) is 0 Å². The summed E-state index contributed by atoms with van der Waals surface area (Å²) in [5.74, 6) is 0.406. The van der Waals surface area contributed by atoms with E-state index in [1.165, 1.54) is 11.1 Å². The van der Waals surface area contributed by atoms with Crippen LogP contribution in [0.5, 0.6) is 5.75 Å². The molecule has 0 aliphatic carbocycles. The number of phenols is 1. The van der Waals surface area contributed by atoms with Crippen LogP contribution in [-0.4, -0.2) is 5.11 Å². The van der Waals surface area contributed by atoms with Gasteiger partial charge in [0.2, 0.25) is 0 Å². The van der Waals surface area contributed by atoms with E-state index in [1.807, 2.05) is 32.0 Å². The van der Waals surface area contributed by atoms with Crippen molar-refractivity contribution >= 4 is 0 Å². The first kappa shape index (κ1) is 14.6. The standard InChI is InChI=1S/C18H23NO/c1-4-17(16-8-6-5-7-9-16)19-12-15-10-13(2)18(20)14(3)11-15/h5-11,17,19-20H,4,12H2,1-3H3. The molecule has 0 amide bonds. The van der Waals surface area contributed by atoms with E-state index in [0.29, 0.717) is 11.8 Å². The van der Waals surface area contributed by atoms with Crippen LogP contribution in [0.4, 0.5) is 0 Å². The van der Waals surface area contributed by atoms with Crippen molar-refractivity contribution < 1.29 is 5.11 Å². The molecule has 0 heterocycles. The first-order chi connectivity index (χ1) is 9.61. The lowest BCUT2D eigenvalue weighted by Crippen LogP contribution is -2.20. The maximum Gasteiger partial charge on any atom is 0.121 e. The summed E-state index contributed by atoms with van der Waals surface area (Å²) in [5, 5.41) is 13.4. The molecule has 0 aliphatic rings. The van der Waals surface area contributed by atoms with Crippen LogP contribution < -0.4 is 5.32 Å². The molecule has 20 heavy (non-hydrogen) atoms. The zero-order chi connectivity index (χ0) is 14.5. The molecule has 0 fully saturated rings. The van der Waals surface area contributed by atoms with Gasteiger partial charge in [-0.25, -0.2) is 0 Å². The third-order valence-corrected chi connectivity index (χ3v) is 3.71. The normalized spacial score (nSPS) is 12.3. The first-order valence-corrected chi connectivity index (χ1v) is 7.19. The van der Waals surface area contributed by atoms with Crippen LogP contribution in [0.2, 0.25) is 0 Å². The highest BCUT2D eigenvalue weighted by Gasteiger charge is 2.09. The highest BCUT2D eigenvalue weighted by molar-refractivity contribution is 5.42. The summed E-state index contributed by atoms with van der Waals surface area (Å²) >= 11 is 0. The Hall–Kier alpha value is -1.80. The molecule has 1 atom stereocenters. The summed E-state index contributed by atoms with van der Waals surface area (Å²) in [5.41, 5.74) is 4.42. The average molecular weight is 269 g/mol. The second kappa shape index (κ2) is 6.58. The van der Waals surface area contributed by atoms with E-state index < -0.39 is 0 Å². The van der Waals surface area contributed by atoms with E-state index in [-0.39, 0.29) is 0 Å². The van der Waals surface area contributed by atoms with Gasteiger partial charge in [-0.1, -0.05) is 49.4 Å². The lowest BCUT2D eigenvalue weighted by Gasteiger charge is -2.18. The first-order valence-electron chi connectivity index (χ1n) is 7.19. The molecule has 0 saturated heterocycles. The van der Waals surface area contributed by atoms with Crippen molar-refractivity contribution in [3.63, 3.8) is 0 Å². The Morgan fingerprint density at radius 2 is 1.65 bits per heavy atom. The fourth-order valence-corrected chi connectivity index (χ4v) is 2.57. The van der Waals surface area contributed by atoms with E-state index in [0.717, 1.165) is 24.1 Å². The lowest BCUT2D eigenvalue weighted by atomic mass is 10.0. The summed E-state index contributed by atoms with van der Waals surface area (Å²) in [6.45, 7) is 6.90. The number of benzene rings is 2. The summed E-state index contributed by atoms with van der Waals surface area (Å²) in [6.07, 6.45) is 1.06. The van der Waals surface area contributed by atoms with E-state index >= 15 is 0 Å². The number of rotatable bonds is 5. The molecule has 0 radical (unpaired) electrons. The second-order valence-corrected chi connectivity index (χ2v) is 5.33. The Balaban J connectivity index is 2.07. The van der Waals surface area contributed by atoms with Gasteiger partial charge in [0, 0.05) is 12.6 Å². The third-order valence-electron chi connectivity index (χ3n) is 3.71. The van der Waals surface area contributed by atoms with Gasteiger partial charge < -0.3 is 10.4 Å². The van der Waals surface area contributed by atoms with Crippen LogP contribution in [0.3, 0.4) is 0 Å². The van der Waals surface area contributed by atoms with Gasteiger partial charge in [-0.15, -0.1) is 0 Å². The van der Waals surface area contributed by atoms with Crippen LogP contribution in [0.15, 0.2) is 42.5 Å². The van der Waals surface area contributed by atoms with Gasteiger partial charge in [-0.2, -0.15) is 0 Å². The number of hydrogen-bond donors (Lipinski definition) is 2. The van der Waals surface area contributed by atoms with E-state index in [2.05, 4.69) is 36.5 Å². The Morgan fingerprint density at radius 3 is 2.20 bits per heavy atom. The Labute approximate surface area is 121 Å². The van der Waals surface area contributed by atoms with Gasteiger partial charge >= 0.3 is 0 Å². The maximum atomic E-state index is 9.81. The number of hydrogen-bond acceptors (Lipinski definition) is 2. The Kier molecular flexibility index (Phi) is 4.80. The van der Waals surface area contributed by atoms with Gasteiger partial charge in [0.25, 0.3) is 0 Å². The highest BCUT2D eigenvalue weighted by Crippen LogP contribution is 2.23. The molecule has 1 unspecified atom stereocenters. The Bertz CT molecular complexity index is 540. The van der Waals surface area contributed by atoms with Crippen molar-refractivity contribution in [2.75, 3.05) is 0 Å². The van der Waals surface area contributed by atoms with Crippen molar-refractivity contribution in [2.45, 2.75) is 39.8 Å². The fourth-order valence-electron chi connectivity index (χ4n) is 2.57. The number of aryl methyl sites for hydroxylation is 2. The third kappa shape index (κ3) is 3.40. The molecule has 2 heteroatoms. The second-order valence-electron chi connectivity index (χ2n) is 5.33. The van der Waals surface area contributed by atoms with Gasteiger partial charge in [0.15, 0.2) is 0 Å². The number of aromatic hydroxyl groups is 1. The van der Waals surface area contributed by atoms with Crippen LogP contribution in [0.1, 0.15) is 41.6 Å². The molecule has 0 saturated carbocycles. The summed E-state index contributed by atoms with van der Waals surface area (Å²) < 4.78 is 0. The summed E-state index contributed by atoms with van der Waals surface area (Å²) in [7, 11) is 0.